The second kappa shape index (κ2) is 7.55. The standard InChI is InChI=1S/C17H16F3NOS/c1-12(23-11-13-7-3-2-4-8-13)16(22)21-15-10-6-5-9-14(15)17(18,19)20/h2-10,12H,11H2,1H3,(H,21,22). The summed E-state index contributed by atoms with van der Waals surface area (Å²) in [5.74, 6) is 0.179. The molecule has 1 N–H and O–H groups in total. The zero-order chi connectivity index (χ0) is 16.9. The van der Waals surface area contributed by atoms with Gasteiger partial charge in [0.05, 0.1) is 16.5 Å². The third-order valence-corrected chi connectivity index (χ3v) is 4.42. The molecule has 2 aromatic carbocycles. The van der Waals surface area contributed by atoms with Gasteiger partial charge in [0.25, 0.3) is 0 Å². The van der Waals surface area contributed by atoms with Gasteiger partial charge in [0, 0.05) is 5.75 Å². The molecule has 0 aromatic heterocycles. The number of benzene rings is 2. The summed E-state index contributed by atoms with van der Waals surface area (Å²) in [6.45, 7) is 1.68. The minimum atomic E-state index is -4.50. The Balaban J connectivity index is 1.99. The van der Waals surface area contributed by atoms with Crippen LogP contribution < -0.4 is 5.32 Å². The number of anilines is 1. The topological polar surface area (TPSA) is 29.1 Å². The molecular weight excluding hydrogens is 323 g/mol. The van der Waals surface area contributed by atoms with Crippen LogP contribution in [0.5, 0.6) is 0 Å². The zero-order valence-electron chi connectivity index (χ0n) is 12.4. The highest BCUT2D eigenvalue weighted by molar-refractivity contribution is 7.99. The van der Waals surface area contributed by atoms with Crippen LogP contribution in [0.1, 0.15) is 18.1 Å². The first-order chi connectivity index (χ1) is 10.9. The van der Waals surface area contributed by atoms with Gasteiger partial charge in [-0.3, -0.25) is 4.79 Å². The molecule has 0 bridgehead atoms. The Bertz CT molecular complexity index is 658. The Morgan fingerprint density at radius 1 is 1.09 bits per heavy atom. The lowest BCUT2D eigenvalue weighted by molar-refractivity contribution is -0.137. The molecule has 0 heterocycles. The van der Waals surface area contributed by atoms with E-state index in [1.165, 1.54) is 30.0 Å². The minimum absolute atomic E-state index is 0.211. The van der Waals surface area contributed by atoms with E-state index in [9.17, 15) is 18.0 Å². The molecule has 0 radical (unpaired) electrons. The van der Waals surface area contributed by atoms with Crippen molar-refractivity contribution in [2.75, 3.05) is 5.32 Å². The number of amides is 1. The highest BCUT2D eigenvalue weighted by Gasteiger charge is 2.33. The van der Waals surface area contributed by atoms with Gasteiger partial charge < -0.3 is 5.32 Å². The van der Waals surface area contributed by atoms with Gasteiger partial charge in [-0.25, -0.2) is 0 Å². The number of nitrogens with one attached hydrogen (secondary N) is 1. The fourth-order valence-corrected chi connectivity index (χ4v) is 2.79. The molecule has 1 atom stereocenters. The van der Waals surface area contributed by atoms with Crippen molar-refractivity contribution in [1.82, 2.24) is 0 Å². The van der Waals surface area contributed by atoms with E-state index < -0.39 is 22.9 Å². The molecular formula is C17H16F3NOS. The van der Waals surface area contributed by atoms with Crippen LogP contribution in [0.4, 0.5) is 18.9 Å². The van der Waals surface area contributed by atoms with Crippen molar-refractivity contribution in [2.45, 2.75) is 24.1 Å². The van der Waals surface area contributed by atoms with E-state index in [1.807, 2.05) is 30.3 Å². The second-order valence-electron chi connectivity index (χ2n) is 4.97. The summed E-state index contributed by atoms with van der Waals surface area (Å²) in [5, 5.41) is 1.91. The van der Waals surface area contributed by atoms with Gasteiger partial charge in [0.15, 0.2) is 0 Å². The van der Waals surface area contributed by atoms with Crippen LogP contribution in [0.3, 0.4) is 0 Å². The lowest BCUT2D eigenvalue weighted by Gasteiger charge is -2.16. The van der Waals surface area contributed by atoms with Gasteiger partial charge in [0.1, 0.15) is 0 Å². The monoisotopic (exact) mass is 339 g/mol. The Morgan fingerprint density at radius 3 is 2.35 bits per heavy atom. The van der Waals surface area contributed by atoms with Crippen LogP contribution in [-0.2, 0) is 16.7 Å². The molecule has 2 nitrogen and oxygen atoms in total. The largest absolute Gasteiger partial charge is 0.418 e. The molecule has 122 valence electrons. The molecule has 2 aromatic rings. The number of rotatable bonds is 5. The molecule has 0 saturated heterocycles. The maximum atomic E-state index is 12.9. The second-order valence-corrected chi connectivity index (χ2v) is 6.30. The quantitative estimate of drug-likeness (QED) is 0.834. The van der Waals surface area contributed by atoms with Crippen LogP contribution in [0.25, 0.3) is 0 Å². The van der Waals surface area contributed by atoms with Gasteiger partial charge in [-0.1, -0.05) is 42.5 Å². The average molecular weight is 339 g/mol. The first-order valence-corrected chi connectivity index (χ1v) is 8.05. The van der Waals surface area contributed by atoms with Gasteiger partial charge in [-0.05, 0) is 24.6 Å². The van der Waals surface area contributed by atoms with Gasteiger partial charge in [-0.15, -0.1) is 11.8 Å². The summed E-state index contributed by atoms with van der Waals surface area (Å²) in [7, 11) is 0. The van der Waals surface area contributed by atoms with Crippen molar-refractivity contribution in [3.8, 4) is 0 Å². The first-order valence-electron chi connectivity index (χ1n) is 7.00. The number of para-hydroxylation sites is 1. The summed E-state index contributed by atoms with van der Waals surface area (Å²) in [6, 6.07) is 14.6. The van der Waals surface area contributed by atoms with E-state index in [2.05, 4.69) is 5.32 Å². The molecule has 0 aliphatic heterocycles. The Morgan fingerprint density at radius 2 is 1.70 bits per heavy atom. The number of thioether (sulfide) groups is 1. The van der Waals surface area contributed by atoms with Crippen LogP contribution in [-0.4, -0.2) is 11.2 Å². The minimum Gasteiger partial charge on any atom is -0.325 e. The van der Waals surface area contributed by atoms with Crippen molar-refractivity contribution in [3.05, 3.63) is 65.7 Å². The highest BCUT2D eigenvalue weighted by Crippen LogP contribution is 2.34. The molecule has 23 heavy (non-hydrogen) atoms. The lowest BCUT2D eigenvalue weighted by atomic mass is 10.1. The van der Waals surface area contributed by atoms with E-state index in [0.717, 1.165) is 11.6 Å². The number of hydrogen-bond donors (Lipinski definition) is 1. The van der Waals surface area contributed by atoms with Crippen LogP contribution >= 0.6 is 11.8 Å². The van der Waals surface area contributed by atoms with Gasteiger partial charge in [-0.2, -0.15) is 13.2 Å². The fraction of sp³-hybridized carbons (Fsp3) is 0.235. The van der Waals surface area contributed by atoms with E-state index in [4.69, 9.17) is 0 Å². The summed E-state index contributed by atoms with van der Waals surface area (Å²) in [4.78, 5) is 12.1. The first kappa shape index (κ1) is 17.4. The summed E-state index contributed by atoms with van der Waals surface area (Å²) in [5.41, 5.74) is 0.0126. The van der Waals surface area contributed by atoms with E-state index in [-0.39, 0.29) is 5.69 Å². The number of carbonyl (C=O) groups excluding carboxylic acids is 1. The van der Waals surface area contributed by atoms with E-state index >= 15 is 0 Å². The van der Waals surface area contributed by atoms with Crippen LogP contribution in [0.2, 0.25) is 0 Å². The summed E-state index contributed by atoms with van der Waals surface area (Å²) in [6.07, 6.45) is -4.50. The maximum absolute atomic E-state index is 12.9. The van der Waals surface area contributed by atoms with Crippen LogP contribution in [0, 0.1) is 0 Å². The highest BCUT2D eigenvalue weighted by atomic mass is 32.2. The van der Waals surface area contributed by atoms with Crippen molar-refractivity contribution in [2.24, 2.45) is 0 Å². The molecule has 2 rings (SSSR count). The van der Waals surface area contributed by atoms with E-state index in [1.54, 1.807) is 6.92 Å². The number of carbonyl (C=O) groups is 1. The van der Waals surface area contributed by atoms with Crippen molar-refractivity contribution in [3.63, 3.8) is 0 Å². The fourth-order valence-electron chi connectivity index (χ4n) is 1.94. The molecule has 0 fully saturated rings. The predicted octanol–water partition coefficient (Wildman–Crippen LogP) is 4.97. The molecule has 0 spiro atoms. The third-order valence-electron chi connectivity index (χ3n) is 3.20. The maximum Gasteiger partial charge on any atom is 0.418 e. The molecule has 0 saturated carbocycles. The summed E-state index contributed by atoms with van der Waals surface area (Å²) < 4.78 is 38.7. The zero-order valence-corrected chi connectivity index (χ0v) is 13.2. The SMILES string of the molecule is CC(SCc1ccccc1)C(=O)Nc1ccccc1C(F)(F)F. The molecule has 0 aliphatic rings. The predicted molar refractivity (Wildman–Crippen MR) is 87.3 cm³/mol. The lowest BCUT2D eigenvalue weighted by Crippen LogP contribution is -2.24. The smallest absolute Gasteiger partial charge is 0.325 e. The van der Waals surface area contributed by atoms with Crippen LogP contribution in [0.15, 0.2) is 54.6 Å². The Kier molecular flexibility index (Phi) is 5.71. The summed E-state index contributed by atoms with van der Waals surface area (Å²) >= 11 is 1.38. The van der Waals surface area contributed by atoms with Crippen molar-refractivity contribution < 1.29 is 18.0 Å². The molecule has 1 amide bonds. The van der Waals surface area contributed by atoms with Gasteiger partial charge in [0.2, 0.25) is 5.91 Å². The third kappa shape index (κ3) is 5.03. The number of halogens is 3. The number of hydrogen-bond acceptors (Lipinski definition) is 2. The molecule has 6 heteroatoms. The normalized spacial score (nSPS) is 12.7. The van der Waals surface area contributed by atoms with E-state index in [0.29, 0.717) is 5.75 Å². The average Bonchev–Trinajstić information content (AvgIpc) is 2.53. The number of alkyl halides is 3. The molecule has 0 aliphatic carbocycles. The van der Waals surface area contributed by atoms with Crippen molar-refractivity contribution >= 4 is 23.4 Å². The Hall–Kier alpha value is -1.95. The molecule has 1 unspecified atom stereocenters. The van der Waals surface area contributed by atoms with Crippen molar-refractivity contribution in [1.29, 1.82) is 0 Å². The Labute approximate surface area is 137 Å². The van der Waals surface area contributed by atoms with Gasteiger partial charge >= 0.3 is 6.18 Å².